The standard InChI is InChI=1S/C26H34N2O2/c1-20(2)17-28-25(29)27(18-21-9-11-24(30-3)12-10-21)19-26(28)15-13-23(14-16-26)22-7-5-4-6-8-22/h4-12,20,23H,13-19H2,1-3H3. The third-order valence-electron chi connectivity index (χ3n) is 6.83. The van der Waals surface area contributed by atoms with E-state index in [1.807, 2.05) is 12.1 Å². The van der Waals surface area contributed by atoms with Crippen LogP contribution in [0.1, 0.15) is 56.6 Å². The van der Waals surface area contributed by atoms with E-state index in [4.69, 9.17) is 4.74 Å². The Morgan fingerprint density at radius 2 is 1.70 bits per heavy atom. The van der Waals surface area contributed by atoms with Crippen molar-refractivity contribution >= 4 is 6.03 Å². The number of ether oxygens (including phenoxy) is 1. The lowest BCUT2D eigenvalue weighted by molar-refractivity contribution is 0.102. The zero-order valence-electron chi connectivity index (χ0n) is 18.5. The number of amides is 2. The van der Waals surface area contributed by atoms with Crippen molar-refractivity contribution in [1.29, 1.82) is 0 Å². The molecule has 4 nitrogen and oxygen atoms in total. The van der Waals surface area contributed by atoms with Crippen LogP contribution in [0, 0.1) is 5.92 Å². The van der Waals surface area contributed by atoms with E-state index in [1.54, 1.807) is 7.11 Å². The van der Waals surface area contributed by atoms with Gasteiger partial charge in [0.25, 0.3) is 0 Å². The molecule has 2 aromatic rings. The average molecular weight is 407 g/mol. The quantitative estimate of drug-likeness (QED) is 0.618. The third-order valence-corrected chi connectivity index (χ3v) is 6.83. The van der Waals surface area contributed by atoms with Crippen LogP contribution >= 0.6 is 0 Å². The van der Waals surface area contributed by atoms with Gasteiger partial charge in [0.1, 0.15) is 5.75 Å². The first-order chi connectivity index (χ1) is 14.5. The Hall–Kier alpha value is -2.49. The maximum atomic E-state index is 13.4. The average Bonchev–Trinajstić information content (AvgIpc) is 3.00. The van der Waals surface area contributed by atoms with Gasteiger partial charge in [0.2, 0.25) is 0 Å². The molecule has 0 bridgehead atoms. The van der Waals surface area contributed by atoms with Gasteiger partial charge in [0.15, 0.2) is 0 Å². The summed E-state index contributed by atoms with van der Waals surface area (Å²) in [4.78, 5) is 17.7. The van der Waals surface area contributed by atoms with Crippen molar-refractivity contribution in [3.05, 3.63) is 65.7 Å². The minimum Gasteiger partial charge on any atom is -0.497 e. The molecule has 0 unspecified atom stereocenters. The molecule has 1 aliphatic carbocycles. The van der Waals surface area contributed by atoms with Gasteiger partial charge in [0.05, 0.1) is 12.6 Å². The Balaban J connectivity index is 1.50. The fourth-order valence-corrected chi connectivity index (χ4v) is 5.24. The lowest BCUT2D eigenvalue weighted by Gasteiger charge is -2.43. The van der Waals surface area contributed by atoms with Crippen LogP contribution in [0.2, 0.25) is 0 Å². The first-order valence-corrected chi connectivity index (χ1v) is 11.3. The Morgan fingerprint density at radius 1 is 1.03 bits per heavy atom. The molecule has 1 saturated carbocycles. The molecular weight excluding hydrogens is 372 g/mol. The zero-order valence-corrected chi connectivity index (χ0v) is 18.5. The van der Waals surface area contributed by atoms with Gasteiger partial charge >= 0.3 is 6.03 Å². The highest BCUT2D eigenvalue weighted by Crippen LogP contribution is 2.45. The summed E-state index contributed by atoms with van der Waals surface area (Å²) < 4.78 is 5.27. The van der Waals surface area contributed by atoms with Crippen LogP contribution in [0.5, 0.6) is 5.75 Å². The topological polar surface area (TPSA) is 32.8 Å². The summed E-state index contributed by atoms with van der Waals surface area (Å²) in [6, 6.07) is 19.2. The van der Waals surface area contributed by atoms with Crippen LogP contribution in [0.15, 0.2) is 54.6 Å². The van der Waals surface area contributed by atoms with Gasteiger partial charge in [-0.05, 0) is 60.8 Å². The molecule has 2 aromatic carbocycles. The van der Waals surface area contributed by atoms with Crippen molar-refractivity contribution in [1.82, 2.24) is 9.80 Å². The highest BCUT2D eigenvalue weighted by Gasteiger charge is 2.50. The van der Waals surface area contributed by atoms with Crippen LogP contribution < -0.4 is 4.74 Å². The third kappa shape index (κ3) is 4.19. The second-order valence-corrected chi connectivity index (χ2v) is 9.40. The van der Waals surface area contributed by atoms with Crippen molar-refractivity contribution in [2.75, 3.05) is 20.2 Å². The van der Waals surface area contributed by atoms with Crippen LogP contribution in [-0.4, -0.2) is 41.6 Å². The summed E-state index contributed by atoms with van der Waals surface area (Å²) in [5.41, 5.74) is 2.59. The number of rotatable bonds is 6. The zero-order chi connectivity index (χ0) is 21.1. The first-order valence-electron chi connectivity index (χ1n) is 11.3. The molecule has 1 saturated heterocycles. The van der Waals surface area contributed by atoms with Crippen LogP contribution in [-0.2, 0) is 6.54 Å². The minimum atomic E-state index is -0.0148. The van der Waals surface area contributed by atoms with Gasteiger partial charge in [-0.3, -0.25) is 0 Å². The van der Waals surface area contributed by atoms with Crippen molar-refractivity contribution in [3.8, 4) is 5.75 Å². The van der Waals surface area contributed by atoms with Gasteiger partial charge in [-0.1, -0.05) is 56.3 Å². The lowest BCUT2D eigenvalue weighted by atomic mass is 9.73. The Labute approximate surface area is 180 Å². The van der Waals surface area contributed by atoms with E-state index in [0.717, 1.165) is 50.1 Å². The van der Waals surface area contributed by atoms with E-state index < -0.39 is 0 Å². The van der Waals surface area contributed by atoms with E-state index in [-0.39, 0.29) is 11.6 Å². The summed E-state index contributed by atoms with van der Waals surface area (Å²) in [7, 11) is 1.68. The predicted molar refractivity (Wildman–Crippen MR) is 121 cm³/mol. The first kappa shape index (κ1) is 20.8. The molecule has 1 aliphatic heterocycles. The van der Waals surface area contributed by atoms with E-state index in [0.29, 0.717) is 18.4 Å². The lowest BCUT2D eigenvalue weighted by Crippen LogP contribution is -2.50. The van der Waals surface area contributed by atoms with Gasteiger partial charge < -0.3 is 14.5 Å². The SMILES string of the molecule is COc1ccc(CN2CC3(CCC(c4ccccc4)CC3)N(CC(C)C)C2=O)cc1. The number of benzene rings is 2. The number of carbonyl (C=O) groups excluding carboxylic acids is 1. The molecule has 4 heteroatoms. The Bertz CT molecular complexity index is 839. The Kier molecular flexibility index (Phi) is 6.03. The number of hydrogen-bond acceptors (Lipinski definition) is 2. The molecule has 2 aliphatic rings. The van der Waals surface area contributed by atoms with Gasteiger partial charge in [-0.2, -0.15) is 0 Å². The van der Waals surface area contributed by atoms with Crippen molar-refractivity contribution in [3.63, 3.8) is 0 Å². The fraction of sp³-hybridized carbons (Fsp3) is 0.500. The van der Waals surface area contributed by atoms with Crippen LogP contribution in [0.3, 0.4) is 0 Å². The van der Waals surface area contributed by atoms with E-state index in [1.165, 1.54) is 5.56 Å². The summed E-state index contributed by atoms with van der Waals surface area (Å²) in [5, 5.41) is 0. The summed E-state index contributed by atoms with van der Waals surface area (Å²) >= 11 is 0. The van der Waals surface area contributed by atoms with Crippen LogP contribution in [0.4, 0.5) is 4.79 Å². The Morgan fingerprint density at radius 3 is 2.30 bits per heavy atom. The van der Waals surface area contributed by atoms with E-state index in [2.05, 4.69) is 66.1 Å². The van der Waals surface area contributed by atoms with E-state index >= 15 is 0 Å². The molecule has 0 radical (unpaired) electrons. The molecule has 2 fully saturated rings. The number of carbonyl (C=O) groups is 1. The normalized spacial score (nSPS) is 24.1. The highest BCUT2D eigenvalue weighted by molar-refractivity contribution is 5.78. The fourth-order valence-electron chi connectivity index (χ4n) is 5.24. The largest absolute Gasteiger partial charge is 0.497 e. The van der Waals surface area contributed by atoms with Crippen molar-refractivity contribution in [2.45, 2.75) is 57.5 Å². The molecule has 4 rings (SSSR count). The van der Waals surface area contributed by atoms with Crippen molar-refractivity contribution in [2.24, 2.45) is 5.92 Å². The number of methoxy groups -OCH3 is 1. The number of urea groups is 1. The number of nitrogens with zero attached hydrogens (tertiary/aromatic N) is 2. The smallest absolute Gasteiger partial charge is 0.320 e. The van der Waals surface area contributed by atoms with Crippen molar-refractivity contribution < 1.29 is 9.53 Å². The minimum absolute atomic E-state index is 0.0148. The van der Waals surface area contributed by atoms with Gasteiger partial charge in [-0.15, -0.1) is 0 Å². The van der Waals surface area contributed by atoms with E-state index in [9.17, 15) is 4.79 Å². The summed E-state index contributed by atoms with van der Waals surface area (Å²) in [6.45, 7) is 6.77. The molecule has 160 valence electrons. The van der Waals surface area contributed by atoms with Gasteiger partial charge in [0, 0.05) is 19.6 Å². The second kappa shape index (κ2) is 8.71. The number of hydrogen-bond donors (Lipinski definition) is 0. The molecular formula is C26H34N2O2. The predicted octanol–water partition coefficient (Wildman–Crippen LogP) is 5.69. The molecule has 2 amide bonds. The maximum absolute atomic E-state index is 13.4. The van der Waals surface area contributed by atoms with Crippen LogP contribution in [0.25, 0.3) is 0 Å². The highest BCUT2D eigenvalue weighted by atomic mass is 16.5. The summed E-state index contributed by atoms with van der Waals surface area (Å²) in [5.74, 6) is 1.94. The molecule has 1 heterocycles. The van der Waals surface area contributed by atoms with Gasteiger partial charge in [-0.25, -0.2) is 4.79 Å². The maximum Gasteiger partial charge on any atom is 0.320 e. The molecule has 0 N–H and O–H groups in total. The molecule has 30 heavy (non-hydrogen) atoms. The molecule has 0 atom stereocenters. The molecule has 1 spiro atoms. The monoisotopic (exact) mass is 406 g/mol. The summed E-state index contributed by atoms with van der Waals surface area (Å²) in [6.07, 6.45) is 4.48. The molecule has 0 aromatic heterocycles. The second-order valence-electron chi connectivity index (χ2n) is 9.40.